The first-order chi connectivity index (χ1) is 10.5. The van der Waals surface area contributed by atoms with Crippen LogP contribution in [0.1, 0.15) is 11.1 Å². The minimum Gasteiger partial charge on any atom is -0.507 e. The molecule has 114 valence electrons. The van der Waals surface area contributed by atoms with E-state index >= 15 is 0 Å². The molecule has 0 saturated carbocycles. The molecule has 0 bridgehead atoms. The highest BCUT2D eigenvalue weighted by molar-refractivity contribution is 9.10. The van der Waals surface area contributed by atoms with Crippen molar-refractivity contribution in [3.8, 4) is 5.75 Å². The fourth-order valence-electron chi connectivity index (χ4n) is 2.02. The summed E-state index contributed by atoms with van der Waals surface area (Å²) >= 11 is 3.21. The number of carbonyl (C=O) groups excluding carboxylic acids is 2. The smallest absolute Gasteiger partial charge is 0.228 e. The molecule has 0 aliphatic heterocycles. The summed E-state index contributed by atoms with van der Waals surface area (Å²) in [6, 6.07) is 11.9. The average molecular weight is 363 g/mol. The summed E-state index contributed by atoms with van der Waals surface area (Å²) in [5, 5.41) is 12.2. The standard InChI is InChI=1S/C16H15BrN2O3/c17-12-7-10(5-6-14(12)20)8-16(22)19-13-4-2-1-3-11(13)9-15(18)21/h1-7,20H,8-9H2,(H2,18,21)(H,19,22). The minimum absolute atomic E-state index is 0.0706. The number of rotatable bonds is 5. The van der Waals surface area contributed by atoms with Gasteiger partial charge in [0.2, 0.25) is 11.8 Å². The van der Waals surface area contributed by atoms with Crippen molar-refractivity contribution < 1.29 is 14.7 Å². The molecule has 0 unspecified atom stereocenters. The first-order valence-electron chi connectivity index (χ1n) is 6.59. The molecule has 0 radical (unpaired) electrons. The van der Waals surface area contributed by atoms with Gasteiger partial charge in [-0.2, -0.15) is 0 Å². The molecule has 2 rings (SSSR count). The van der Waals surface area contributed by atoms with Crippen molar-refractivity contribution in [1.82, 2.24) is 0 Å². The van der Waals surface area contributed by atoms with Crippen LogP contribution in [0, 0.1) is 0 Å². The third-order valence-electron chi connectivity index (χ3n) is 3.03. The highest BCUT2D eigenvalue weighted by Crippen LogP contribution is 2.24. The largest absolute Gasteiger partial charge is 0.507 e. The second-order valence-corrected chi connectivity index (χ2v) is 5.67. The summed E-state index contributed by atoms with van der Waals surface area (Å²) in [5.41, 5.74) is 7.21. The Morgan fingerprint density at radius 3 is 2.55 bits per heavy atom. The van der Waals surface area contributed by atoms with Gasteiger partial charge < -0.3 is 16.2 Å². The van der Waals surface area contributed by atoms with Crippen LogP contribution in [0.15, 0.2) is 46.9 Å². The zero-order valence-electron chi connectivity index (χ0n) is 11.7. The molecule has 0 aliphatic rings. The first-order valence-corrected chi connectivity index (χ1v) is 7.38. The van der Waals surface area contributed by atoms with Crippen molar-refractivity contribution in [2.24, 2.45) is 5.73 Å². The van der Waals surface area contributed by atoms with Gasteiger partial charge in [-0.1, -0.05) is 24.3 Å². The van der Waals surface area contributed by atoms with Gasteiger partial charge in [0.05, 0.1) is 17.3 Å². The molecule has 0 aliphatic carbocycles. The van der Waals surface area contributed by atoms with E-state index in [-0.39, 0.29) is 24.5 Å². The zero-order chi connectivity index (χ0) is 16.1. The number of primary amides is 1. The third-order valence-corrected chi connectivity index (χ3v) is 3.67. The van der Waals surface area contributed by atoms with Crippen molar-refractivity contribution in [1.29, 1.82) is 0 Å². The predicted molar refractivity (Wildman–Crippen MR) is 87.5 cm³/mol. The molecule has 4 N–H and O–H groups in total. The van der Waals surface area contributed by atoms with E-state index in [0.717, 1.165) is 5.56 Å². The van der Waals surface area contributed by atoms with Gasteiger partial charge in [0, 0.05) is 5.69 Å². The highest BCUT2D eigenvalue weighted by atomic mass is 79.9. The fraction of sp³-hybridized carbons (Fsp3) is 0.125. The Balaban J connectivity index is 2.09. The van der Waals surface area contributed by atoms with Crippen molar-refractivity contribution in [3.05, 3.63) is 58.1 Å². The topological polar surface area (TPSA) is 92.4 Å². The summed E-state index contributed by atoms with van der Waals surface area (Å²) in [6.07, 6.45) is 0.227. The van der Waals surface area contributed by atoms with Gasteiger partial charge in [-0.05, 0) is 45.3 Å². The summed E-state index contributed by atoms with van der Waals surface area (Å²) in [6.45, 7) is 0. The number of hydrogen-bond acceptors (Lipinski definition) is 3. The van der Waals surface area contributed by atoms with E-state index in [1.807, 2.05) is 0 Å². The van der Waals surface area contributed by atoms with E-state index in [9.17, 15) is 14.7 Å². The molecule has 22 heavy (non-hydrogen) atoms. The maximum atomic E-state index is 12.1. The van der Waals surface area contributed by atoms with Gasteiger partial charge in [-0.3, -0.25) is 9.59 Å². The summed E-state index contributed by atoms with van der Waals surface area (Å²) < 4.78 is 0.534. The quantitative estimate of drug-likeness (QED) is 0.762. The number of amides is 2. The number of carbonyl (C=O) groups is 2. The SMILES string of the molecule is NC(=O)Cc1ccccc1NC(=O)Cc1ccc(O)c(Br)c1. The summed E-state index contributed by atoms with van der Waals surface area (Å²) in [7, 11) is 0. The lowest BCUT2D eigenvalue weighted by Crippen LogP contribution is -2.18. The van der Waals surface area contributed by atoms with Gasteiger partial charge in [0.1, 0.15) is 5.75 Å². The molecule has 0 saturated heterocycles. The Kier molecular flexibility index (Phi) is 5.16. The van der Waals surface area contributed by atoms with Crippen LogP contribution in [0.5, 0.6) is 5.75 Å². The Hall–Kier alpha value is -2.34. The average Bonchev–Trinajstić information content (AvgIpc) is 2.44. The second kappa shape index (κ2) is 7.09. The zero-order valence-corrected chi connectivity index (χ0v) is 13.3. The Labute approximate surface area is 136 Å². The summed E-state index contributed by atoms with van der Waals surface area (Å²) in [5.74, 6) is -0.547. The second-order valence-electron chi connectivity index (χ2n) is 4.81. The number of para-hydroxylation sites is 1. The first kappa shape index (κ1) is 16.0. The molecule has 0 atom stereocenters. The van der Waals surface area contributed by atoms with E-state index in [2.05, 4.69) is 21.2 Å². The molecule has 5 nitrogen and oxygen atoms in total. The maximum Gasteiger partial charge on any atom is 0.228 e. The number of halogens is 1. The van der Waals surface area contributed by atoms with Gasteiger partial charge in [0.25, 0.3) is 0 Å². The number of phenols is 1. The molecular weight excluding hydrogens is 348 g/mol. The number of phenolic OH excluding ortho intramolecular Hbond substituents is 1. The van der Waals surface area contributed by atoms with Crippen LogP contribution in [0.2, 0.25) is 0 Å². The Morgan fingerprint density at radius 2 is 1.86 bits per heavy atom. The highest BCUT2D eigenvalue weighted by Gasteiger charge is 2.10. The monoisotopic (exact) mass is 362 g/mol. The number of benzene rings is 2. The van der Waals surface area contributed by atoms with E-state index < -0.39 is 5.91 Å². The summed E-state index contributed by atoms with van der Waals surface area (Å²) in [4.78, 5) is 23.2. The fourth-order valence-corrected chi connectivity index (χ4v) is 2.45. The molecule has 6 heteroatoms. The van der Waals surface area contributed by atoms with Crippen LogP contribution in [0.4, 0.5) is 5.69 Å². The molecule has 0 aromatic heterocycles. The molecule has 2 amide bonds. The lowest BCUT2D eigenvalue weighted by atomic mass is 10.1. The molecule has 2 aromatic rings. The Morgan fingerprint density at radius 1 is 1.14 bits per heavy atom. The lowest BCUT2D eigenvalue weighted by Gasteiger charge is -2.10. The van der Waals surface area contributed by atoms with E-state index in [4.69, 9.17) is 5.73 Å². The van der Waals surface area contributed by atoms with Gasteiger partial charge in [0.15, 0.2) is 0 Å². The van der Waals surface area contributed by atoms with Gasteiger partial charge in [-0.15, -0.1) is 0 Å². The molecule has 0 heterocycles. The normalized spacial score (nSPS) is 10.2. The van der Waals surface area contributed by atoms with Crippen molar-refractivity contribution in [3.63, 3.8) is 0 Å². The van der Waals surface area contributed by atoms with E-state index in [1.165, 1.54) is 6.07 Å². The number of nitrogens with two attached hydrogens (primary N) is 1. The van der Waals surface area contributed by atoms with Crippen LogP contribution >= 0.6 is 15.9 Å². The van der Waals surface area contributed by atoms with E-state index in [1.54, 1.807) is 36.4 Å². The predicted octanol–water partition coefficient (Wildman–Crippen LogP) is 2.36. The van der Waals surface area contributed by atoms with Crippen molar-refractivity contribution in [2.75, 3.05) is 5.32 Å². The molecule has 0 spiro atoms. The van der Waals surface area contributed by atoms with Crippen LogP contribution in [-0.4, -0.2) is 16.9 Å². The van der Waals surface area contributed by atoms with Gasteiger partial charge in [-0.25, -0.2) is 0 Å². The number of anilines is 1. The minimum atomic E-state index is -0.454. The number of hydrogen-bond donors (Lipinski definition) is 3. The van der Waals surface area contributed by atoms with E-state index in [0.29, 0.717) is 15.7 Å². The molecular formula is C16H15BrN2O3. The van der Waals surface area contributed by atoms with Gasteiger partial charge >= 0.3 is 0 Å². The van der Waals surface area contributed by atoms with Crippen LogP contribution < -0.4 is 11.1 Å². The number of nitrogens with one attached hydrogen (secondary N) is 1. The molecule has 0 fully saturated rings. The lowest BCUT2D eigenvalue weighted by molar-refractivity contribution is -0.117. The Bertz CT molecular complexity index is 716. The van der Waals surface area contributed by atoms with Crippen molar-refractivity contribution in [2.45, 2.75) is 12.8 Å². The van der Waals surface area contributed by atoms with Crippen LogP contribution in [0.25, 0.3) is 0 Å². The third kappa shape index (κ3) is 4.33. The molecule has 2 aromatic carbocycles. The van der Waals surface area contributed by atoms with Crippen molar-refractivity contribution >= 4 is 33.4 Å². The van der Waals surface area contributed by atoms with Crippen LogP contribution in [-0.2, 0) is 22.4 Å². The number of aromatic hydroxyl groups is 1. The van der Waals surface area contributed by atoms with Crippen LogP contribution in [0.3, 0.4) is 0 Å². The maximum absolute atomic E-state index is 12.1.